The third-order valence-corrected chi connectivity index (χ3v) is 13.4. The van der Waals surface area contributed by atoms with E-state index in [1.165, 1.54) is 0 Å². The Morgan fingerprint density at radius 2 is 1.70 bits per heavy atom. The number of halogens is 1. The maximum Gasteiger partial charge on any atom is 0.266 e. The van der Waals surface area contributed by atoms with Crippen molar-refractivity contribution in [3.05, 3.63) is 120 Å². The number of aliphatic hydroxyl groups is 1. The standard InChI is InChI=1S/C41H42FN5O6Si/c1-26-38(54(3,4)42)37(19-21-45-25-28(20-22-48)43-44-45)53-41(26)32-23-30(51-2)17-18-33(32)46(40(41)50)24-27-13-15-29(16-14-27)47-34-10-6-8-12-36(34)52-35-11-7-5-9-31(35)39(47)49/h5-18,23,25-26,37-38,48H,19-22,24H2,1-4H3/t26-,37+,38-,41+/m1/s1. The van der Waals surface area contributed by atoms with Crippen molar-refractivity contribution in [2.45, 2.75) is 63.2 Å². The Hall–Kier alpha value is -5.37. The van der Waals surface area contributed by atoms with Crippen LogP contribution in [0.25, 0.3) is 0 Å². The molecule has 0 radical (unpaired) electrons. The van der Waals surface area contributed by atoms with Gasteiger partial charge < -0.3 is 28.3 Å². The Morgan fingerprint density at radius 3 is 2.44 bits per heavy atom. The Labute approximate surface area is 314 Å². The van der Waals surface area contributed by atoms with Gasteiger partial charge in [0.1, 0.15) is 11.5 Å². The third kappa shape index (κ3) is 5.96. The van der Waals surface area contributed by atoms with Gasteiger partial charge >= 0.3 is 0 Å². The lowest BCUT2D eigenvalue weighted by atomic mass is 9.82. The number of benzene rings is 4. The highest BCUT2D eigenvalue weighted by Gasteiger charge is 2.66. The molecule has 4 aromatic carbocycles. The van der Waals surface area contributed by atoms with Gasteiger partial charge in [-0.1, -0.05) is 48.5 Å². The van der Waals surface area contributed by atoms with Crippen LogP contribution in [0.3, 0.4) is 0 Å². The molecular formula is C41H42FN5O6Si. The summed E-state index contributed by atoms with van der Waals surface area (Å²) in [6.07, 6.45) is 2.05. The maximum atomic E-state index is 16.4. The number of amides is 2. The van der Waals surface area contributed by atoms with Crippen molar-refractivity contribution < 1.29 is 33.0 Å². The van der Waals surface area contributed by atoms with Crippen LogP contribution in [0.1, 0.15) is 40.5 Å². The van der Waals surface area contributed by atoms with E-state index in [0.717, 1.165) is 5.56 Å². The van der Waals surface area contributed by atoms with E-state index >= 15 is 4.11 Å². The zero-order valence-electron chi connectivity index (χ0n) is 30.6. The Balaban J connectivity index is 1.11. The number of methoxy groups -OCH3 is 1. The molecule has 0 unspecified atom stereocenters. The molecule has 1 N–H and O–H groups in total. The average Bonchev–Trinajstić information content (AvgIpc) is 3.78. The Morgan fingerprint density at radius 1 is 0.963 bits per heavy atom. The van der Waals surface area contributed by atoms with E-state index in [1.807, 2.05) is 85.8 Å². The number of aryl methyl sites for hydroxylation is 1. The van der Waals surface area contributed by atoms with Crippen LogP contribution >= 0.6 is 0 Å². The van der Waals surface area contributed by atoms with E-state index < -0.39 is 31.6 Å². The van der Waals surface area contributed by atoms with Gasteiger partial charge in [-0.15, -0.1) is 5.10 Å². The fourth-order valence-electron chi connectivity index (χ4n) is 8.51. The molecule has 8 rings (SSSR count). The fourth-order valence-corrected chi connectivity index (χ4v) is 11.1. The van der Waals surface area contributed by atoms with Crippen LogP contribution in [0.5, 0.6) is 17.2 Å². The number of anilines is 3. The number of carbonyl (C=O) groups is 2. The molecule has 2 amide bonds. The Bertz CT molecular complexity index is 2220. The Kier molecular flexibility index (Phi) is 9.11. The smallest absolute Gasteiger partial charge is 0.266 e. The molecule has 1 fully saturated rings. The molecule has 0 aliphatic carbocycles. The summed E-state index contributed by atoms with van der Waals surface area (Å²) in [4.78, 5) is 32.3. The van der Waals surface area contributed by atoms with Gasteiger partial charge in [-0.3, -0.25) is 19.2 Å². The molecule has 3 aliphatic rings. The van der Waals surface area contributed by atoms with E-state index in [1.54, 1.807) is 53.0 Å². The number of hydrogen-bond acceptors (Lipinski definition) is 8. The summed E-state index contributed by atoms with van der Waals surface area (Å²) >= 11 is 0. The monoisotopic (exact) mass is 747 g/mol. The van der Waals surface area contributed by atoms with Gasteiger partial charge in [0.25, 0.3) is 11.8 Å². The number of nitrogens with zero attached hydrogens (tertiary/aromatic N) is 5. The summed E-state index contributed by atoms with van der Waals surface area (Å²) in [6.45, 7) is 5.92. The fraction of sp³-hybridized carbons (Fsp3) is 0.317. The lowest BCUT2D eigenvalue weighted by Gasteiger charge is -2.31. The molecule has 1 aromatic heterocycles. The summed E-state index contributed by atoms with van der Waals surface area (Å²) in [5.74, 6) is 0.696. The van der Waals surface area contributed by atoms with Crippen LogP contribution in [0.4, 0.5) is 21.2 Å². The van der Waals surface area contributed by atoms with Gasteiger partial charge in [0.15, 0.2) is 11.4 Å². The van der Waals surface area contributed by atoms with Crippen molar-refractivity contribution in [1.29, 1.82) is 0 Å². The number of ether oxygens (including phenoxy) is 3. The molecule has 4 atom stereocenters. The highest BCUT2D eigenvalue weighted by Crippen LogP contribution is 2.61. The van der Waals surface area contributed by atoms with Crippen LogP contribution in [0.2, 0.25) is 18.6 Å². The zero-order chi connectivity index (χ0) is 37.8. The van der Waals surface area contributed by atoms with Crippen LogP contribution in [0.15, 0.2) is 97.2 Å². The van der Waals surface area contributed by atoms with Crippen molar-refractivity contribution in [2.24, 2.45) is 5.92 Å². The van der Waals surface area contributed by atoms with E-state index in [4.69, 9.17) is 14.2 Å². The summed E-state index contributed by atoms with van der Waals surface area (Å²) in [6, 6.07) is 27.7. The molecule has 278 valence electrons. The number of aromatic nitrogens is 3. The minimum atomic E-state index is -3.38. The highest BCUT2D eigenvalue weighted by molar-refractivity contribution is 6.72. The van der Waals surface area contributed by atoms with Crippen molar-refractivity contribution in [2.75, 3.05) is 23.5 Å². The quantitative estimate of drug-likeness (QED) is 0.117. The lowest BCUT2D eigenvalue weighted by molar-refractivity contribution is -0.146. The second-order valence-electron chi connectivity index (χ2n) is 14.7. The largest absolute Gasteiger partial charge is 0.497 e. The molecule has 0 bridgehead atoms. The zero-order valence-corrected chi connectivity index (χ0v) is 31.6. The minimum Gasteiger partial charge on any atom is -0.497 e. The molecule has 3 aliphatic heterocycles. The molecule has 11 nitrogen and oxygen atoms in total. The van der Waals surface area contributed by atoms with Gasteiger partial charge in [-0.25, -0.2) is 0 Å². The SMILES string of the molecule is COc1ccc2c(c1)[C@]1(O[C@@H](CCn3cc(CCO)nn3)[C@H]([Si](C)(C)F)[C@H]1C)C(=O)N2Cc1ccc(N2C(=O)c3ccccc3Oc3ccccc32)cc1. The first-order chi connectivity index (χ1) is 26.0. The summed E-state index contributed by atoms with van der Waals surface area (Å²) < 4.78 is 36.8. The molecule has 0 saturated carbocycles. The number of hydrogen-bond donors (Lipinski definition) is 1. The van der Waals surface area contributed by atoms with Gasteiger partial charge in [0.2, 0.25) is 8.41 Å². The van der Waals surface area contributed by atoms with Crippen LogP contribution in [0, 0.1) is 5.92 Å². The first-order valence-electron chi connectivity index (χ1n) is 18.2. The third-order valence-electron chi connectivity index (χ3n) is 10.9. The molecule has 5 aromatic rings. The number of rotatable bonds is 10. The van der Waals surface area contributed by atoms with E-state index in [0.29, 0.717) is 70.5 Å². The number of aliphatic hydroxyl groups excluding tert-OH is 1. The van der Waals surface area contributed by atoms with Gasteiger partial charge in [0, 0.05) is 48.5 Å². The highest BCUT2D eigenvalue weighted by atomic mass is 28.4. The predicted octanol–water partition coefficient (Wildman–Crippen LogP) is 7.32. The first kappa shape index (κ1) is 35.6. The molecule has 13 heteroatoms. The van der Waals surface area contributed by atoms with E-state index in [9.17, 15) is 14.7 Å². The minimum absolute atomic E-state index is 0.0309. The topological polar surface area (TPSA) is 119 Å². The van der Waals surface area contributed by atoms with Gasteiger partial charge in [0.05, 0.1) is 42.4 Å². The van der Waals surface area contributed by atoms with Gasteiger partial charge in [-0.2, -0.15) is 0 Å². The number of para-hydroxylation sites is 3. The van der Waals surface area contributed by atoms with Crippen molar-refractivity contribution in [1.82, 2.24) is 15.0 Å². The maximum absolute atomic E-state index is 16.4. The van der Waals surface area contributed by atoms with E-state index in [-0.39, 0.29) is 25.0 Å². The summed E-state index contributed by atoms with van der Waals surface area (Å²) in [5, 5.41) is 17.6. The normalized spacial score (nSPS) is 21.9. The number of carbonyl (C=O) groups excluding carboxylic acids is 2. The van der Waals surface area contributed by atoms with E-state index in [2.05, 4.69) is 10.3 Å². The lowest BCUT2D eigenvalue weighted by Crippen LogP contribution is -2.45. The average molecular weight is 748 g/mol. The second-order valence-corrected chi connectivity index (χ2v) is 18.4. The summed E-state index contributed by atoms with van der Waals surface area (Å²) in [5.41, 5.74) is 2.67. The molecule has 1 spiro atoms. The molecule has 4 heterocycles. The second kappa shape index (κ2) is 13.8. The van der Waals surface area contributed by atoms with Crippen molar-refractivity contribution >= 4 is 37.3 Å². The van der Waals surface area contributed by atoms with Crippen LogP contribution < -0.4 is 19.3 Å². The van der Waals surface area contributed by atoms with Crippen molar-refractivity contribution in [3.63, 3.8) is 0 Å². The molecular weight excluding hydrogens is 706 g/mol. The predicted molar refractivity (Wildman–Crippen MR) is 204 cm³/mol. The van der Waals surface area contributed by atoms with Gasteiger partial charge in [-0.05, 0) is 79.7 Å². The molecule has 1 saturated heterocycles. The van der Waals surface area contributed by atoms with Crippen LogP contribution in [-0.2, 0) is 34.6 Å². The van der Waals surface area contributed by atoms with Crippen LogP contribution in [-0.4, -0.2) is 60.1 Å². The van der Waals surface area contributed by atoms with Crippen molar-refractivity contribution in [3.8, 4) is 17.2 Å². The first-order valence-corrected chi connectivity index (χ1v) is 21.2. The summed E-state index contributed by atoms with van der Waals surface area (Å²) in [7, 11) is -1.81. The molecule has 54 heavy (non-hydrogen) atoms. The number of fused-ring (bicyclic) bond motifs is 4.